The van der Waals surface area contributed by atoms with Crippen LogP contribution in [0.15, 0.2) is 12.4 Å². The Balaban J connectivity index is 1.84. The van der Waals surface area contributed by atoms with Crippen molar-refractivity contribution in [2.24, 2.45) is 5.92 Å². The van der Waals surface area contributed by atoms with Crippen LogP contribution in [0.25, 0.3) is 0 Å². The van der Waals surface area contributed by atoms with Crippen molar-refractivity contribution in [1.29, 1.82) is 0 Å². The summed E-state index contributed by atoms with van der Waals surface area (Å²) in [5.74, 6) is 0.237. The molecule has 0 radical (unpaired) electrons. The second kappa shape index (κ2) is 8.36. The highest BCUT2D eigenvalue weighted by Gasteiger charge is 2.35. The van der Waals surface area contributed by atoms with Crippen molar-refractivity contribution < 1.29 is 27.2 Å². The van der Waals surface area contributed by atoms with Crippen LogP contribution in [-0.4, -0.2) is 53.9 Å². The number of hydrogen-bond acceptors (Lipinski definition) is 9. The van der Waals surface area contributed by atoms with Gasteiger partial charge in [0.05, 0.1) is 12.7 Å². The summed E-state index contributed by atoms with van der Waals surface area (Å²) in [5.41, 5.74) is -0.0234. The van der Waals surface area contributed by atoms with Crippen molar-refractivity contribution in [1.82, 2.24) is 14.7 Å². The molecule has 11 heteroatoms. The second-order valence-electron chi connectivity index (χ2n) is 7.53. The lowest BCUT2D eigenvalue weighted by Crippen LogP contribution is -2.38. The molecule has 10 nitrogen and oxygen atoms in total. The van der Waals surface area contributed by atoms with Gasteiger partial charge in [-0.15, -0.1) is 0 Å². The molecular formula is C16H26N4O6S. The minimum atomic E-state index is -4.32. The number of nitrogens with zero attached hydrogens (tertiary/aromatic N) is 2. The number of aliphatic hydroxyl groups is 1. The molecule has 0 saturated heterocycles. The summed E-state index contributed by atoms with van der Waals surface area (Å²) in [7, 11) is -4.32. The summed E-state index contributed by atoms with van der Waals surface area (Å²) in [6.07, 6.45) is 0.511. The summed E-state index contributed by atoms with van der Waals surface area (Å²) >= 11 is 0. The van der Waals surface area contributed by atoms with Gasteiger partial charge in [0.2, 0.25) is 0 Å². The van der Waals surface area contributed by atoms with Gasteiger partial charge in [-0.3, -0.25) is 4.18 Å². The van der Waals surface area contributed by atoms with E-state index in [2.05, 4.69) is 15.3 Å². The van der Waals surface area contributed by atoms with Crippen molar-refractivity contribution in [3.63, 3.8) is 0 Å². The maximum atomic E-state index is 11.9. The number of carbonyl (C=O) groups is 1. The third kappa shape index (κ3) is 7.27. The van der Waals surface area contributed by atoms with Gasteiger partial charge < -0.3 is 15.2 Å². The number of aliphatic hydroxyl groups excluding tert-OH is 1. The molecule has 152 valence electrons. The van der Waals surface area contributed by atoms with Crippen molar-refractivity contribution in [2.75, 3.05) is 11.9 Å². The van der Waals surface area contributed by atoms with Gasteiger partial charge in [-0.2, -0.15) is 13.1 Å². The summed E-state index contributed by atoms with van der Waals surface area (Å²) in [5, 5.41) is 13.4. The highest BCUT2D eigenvalue weighted by Crippen LogP contribution is 2.29. The Kier molecular flexibility index (Phi) is 6.60. The topological polar surface area (TPSA) is 140 Å². The van der Waals surface area contributed by atoms with Crippen LogP contribution in [0.5, 0.6) is 0 Å². The zero-order valence-electron chi connectivity index (χ0n) is 15.8. The lowest BCUT2D eigenvalue weighted by molar-refractivity contribution is 0.0559. The Bertz CT molecular complexity index is 764. The van der Waals surface area contributed by atoms with E-state index in [4.69, 9.17) is 8.92 Å². The summed E-state index contributed by atoms with van der Waals surface area (Å²) in [6.45, 7) is 6.43. The monoisotopic (exact) mass is 402 g/mol. The van der Waals surface area contributed by atoms with Crippen LogP contribution in [0.2, 0.25) is 0 Å². The van der Waals surface area contributed by atoms with Gasteiger partial charge in [-0.1, -0.05) is 0 Å². The van der Waals surface area contributed by atoms with Crippen LogP contribution >= 0.6 is 0 Å². The molecule has 1 aliphatic rings. The van der Waals surface area contributed by atoms with E-state index < -0.39 is 34.0 Å². The second-order valence-corrected chi connectivity index (χ2v) is 8.88. The van der Waals surface area contributed by atoms with E-state index in [1.165, 1.54) is 6.33 Å². The average molecular weight is 402 g/mol. The standard InChI is InChI=1S/C16H26N4O6S/c1-10-5-14(18-9-17-10)19-12-6-11(13(21)7-12)8-25-27(23,24)20-15(22)26-16(2,3)4/h5,9,11-13,21H,6-8H2,1-4H3,(H,20,22)(H,17,18,19)/t11-,12+,13-/m0/s1. The van der Waals surface area contributed by atoms with Gasteiger partial charge in [0.1, 0.15) is 17.7 Å². The summed E-state index contributed by atoms with van der Waals surface area (Å²) in [4.78, 5) is 19.7. The number of hydrogen-bond donors (Lipinski definition) is 3. The Morgan fingerprint density at radius 1 is 1.33 bits per heavy atom. The zero-order chi connectivity index (χ0) is 20.2. The average Bonchev–Trinajstić information content (AvgIpc) is 2.82. The number of aryl methyl sites for hydroxylation is 1. The first-order valence-corrected chi connectivity index (χ1v) is 9.98. The van der Waals surface area contributed by atoms with Crippen LogP contribution in [0.1, 0.15) is 39.3 Å². The molecule has 27 heavy (non-hydrogen) atoms. The number of rotatable bonds is 6. The predicted molar refractivity (Wildman–Crippen MR) is 97.2 cm³/mol. The van der Waals surface area contributed by atoms with Gasteiger partial charge >= 0.3 is 16.4 Å². The van der Waals surface area contributed by atoms with Crippen LogP contribution in [-0.2, 0) is 19.2 Å². The summed E-state index contributed by atoms with van der Waals surface area (Å²) in [6, 6.07) is 1.70. The molecule has 0 aromatic carbocycles. The molecule has 1 fully saturated rings. The molecule has 1 aromatic heterocycles. The zero-order valence-corrected chi connectivity index (χ0v) is 16.6. The number of ether oxygens (including phenoxy) is 1. The quantitative estimate of drug-likeness (QED) is 0.638. The van der Waals surface area contributed by atoms with E-state index in [0.717, 1.165) is 5.69 Å². The molecule has 0 bridgehead atoms. The van der Waals surface area contributed by atoms with Crippen molar-refractivity contribution in [3.8, 4) is 0 Å². The predicted octanol–water partition coefficient (Wildman–Crippen LogP) is 1.12. The highest BCUT2D eigenvalue weighted by atomic mass is 32.2. The minimum absolute atomic E-state index is 0.0792. The van der Waals surface area contributed by atoms with E-state index in [0.29, 0.717) is 18.7 Å². The molecule has 3 atom stereocenters. The van der Waals surface area contributed by atoms with Gasteiger partial charge in [-0.05, 0) is 40.5 Å². The fraction of sp³-hybridized carbons (Fsp3) is 0.688. The van der Waals surface area contributed by atoms with Gasteiger partial charge in [0.25, 0.3) is 0 Å². The number of carbonyl (C=O) groups excluding carboxylic acids is 1. The number of nitrogens with one attached hydrogen (secondary N) is 2. The summed E-state index contributed by atoms with van der Waals surface area (Å²) < 4.78 is 35.1. The van der Waals surface area contributed by atoms with Crippen LogP contribution in [0.3, 0.4) is 0 Å². The van der Waals surface area contributed by atoms with E-state index in [1.54, 1.807) is 31.6 Å². The normalized spacial score (nSPS) is 23.1. The lowest BCUT2D eigenvalue weighted by Gasteiger charge is -2.20. The third-order valence-electron chi connectivity index (χ3n) is 3.86. The van der Waals surface area contributed by atoms with Crippen molar-refractivity contribution in [3.05, 3.63) is 18.1 Å². The van der Waals surface area contributed by atoms with Gasteiger partial charge in [-0.25, -0.2) is 14.8 Å². The number of anilines is 1. The molecular weight excluding hydrogens is 376 g/mol. The fourth-order valence-electron chi connectivity index (χ4n) is 2.75. The molecule has 3 N–H and O–H groups in total. The van der Waals surface area contributed by atoms with E-state index in [-0.39, 0.29) is 12.6 Å². The largest absolute Gasteiger partial charge is 0.443 e. The van der Waals surface area contributed by atoms with E-state index in [1.807, 2.05) is 6.92 Å². The molecule has 0 unspecified atom stereocenters. The Labute approximate surface area is 158 Å². The van der Waals surface area contributed by atoms with Crippen molar-refractivity contribution >= 4 is 22.2 Å². The molecule has 0 spiro atoms. The molecule has 0 aliphatic heterocycles. The Morgan fingerprint density at radius 2 is 2.04 bits per heavy atom. The smallest absolute Gasteiger partial charge is 0.423 e. The number of aromatic nitrogens is 2. The van der Waals surface area contributed by atoms with Crippen molar-refractivity contribution in [2.45, 2.75) is 58.3 Å². The first-order chi connectivity index (χ1) is 12.4. The minimum Gasteiger partial charge on any atom is -0.443 e. The molecule has 1 aromatic rings. The molecule has 2 rings (SSSR count). The van der Waals surface area contributed by atoms with E-state index >= 15 is 0 Å². The molecule has 1 heterocycles. The van der Waals surface area contributed by atoms with Crippen LogP contribution in [0, 0.1) is 12.8 Å². The Hall–Kier alpha value is -1.98. The van der Waals surface area contributed by atoms with E-state index in [9.17, 15) is 18.3 Å². The maximum absolute atomic E-state index is 11.9. The van der Waals surface area contributed by atoms with Gasteiger partial charge in [0.15, 0.2) is 0 Å². The first-order valence-electron chi connectivity index (χ1n) is 8.57. The fourth-order valence-corrected chi connectivity index (χ4v) is 3.41. The molecule has 1 aliphatic carbocycles. The first kappa shape index (κ1) is 21.3. The lowest BCUT2D eigenvalue weighted by atomic mass is 10.1. The maximum Gasteiger partial charge on any atom is 0.423 e. The molecule has 1 amide bonds. The SMILES string of the molecule is Cc1cc(N[C@@H]2C[C@@H](COS(=O)(=O)NC(=O)OC(C)(C)C)[C@@H](O)C2)ncn1. The van der Waals surface area contributed by atoms with Crippen LogP contribution in [0.4, 0.5) is 10.6 Å². The highest BCUT2D eigenvalue weighted by molar-refractivity contribution is 7.85. The Morgan fingerprint density at radius 3 is 2.67 bits per heavy atom. The third-order valence-corrected chi connectivity index (χ3v) is 4.72. The van der Waals surface area contributed by atoms with Gasteiger partial charge in [0, 0.05) is 23.7 Å². The molecule has 1 saturated carbocycles. The van der Waals surface area contributed by atoms with Crippen LogP contribution < -0.4 is 10.0 Å². The number of amides is 1.